The fourth-order valence-corrected chi connectivity index (χ4v) is 3.49. The van der Waals surface area contributed by atoms with E-state index in [4.69, 9.17) is 23.7 Å². The molecule has 9 heteroatoms. The Kier molecular flexibility index (Phi) is 8.94. The van der Waals surface area contributed by atoms with Gasteiger partial charge in [0.05, 0.1) is 39.6 Å². The van der Waals surface area contributed by atoms with E-state index in [1.54, 1.807) is 6.92 Å². The molecule has 2 bridgehead atoms. The maximum absolute atomic E-state index is 11.1. The first kappa shape index (κ1) is 21.8. The van der Waals surface area contributed by atoms with Gasteiger partial charge in [-0.2, -0.15) is 4.98 Å². The minimum atomic E-state index is -0.361. The topological polar surface area (TPSA) is 91.4 Å². The van der Waals surface area contributed by atoms with E-state index in [1.807, 2.05) is 18.2 Å². The van der Waals surface area contributed by atoms with Crippen LogP contribution >= 0.6 is 0 Å². The van der Waals surface area contributed by atoms with Crippen molar-refractivity contribution in [3.63, 3.8) is 0 Å². The molecule has 0 aromatic carbocycles. The molecule has 3 rings (SSSR count). The van der Waals surface area contributed by atoms with Crippen LogP contribution in [0.4, 0.5) is 5.82 Å². The molecule has 0 spiro atoms. The molecule has 0 amide bonds. The number of piperazine rings is 1. The molecule has 1 aromatic rings. The summed E-state index contributed by atoms with van der Waals surface area (Å²) in [5.74, 6) is 1.24. The molecule has 2 aliphatic heterocycles. The minimum Gasteiger partial charge on any atom is -0.475 e. The number of hydrogen-bond acceptors (Lipinski definition) is 9. The minimum absolute atomic E-state index is 0.0455. The summed E-state index contributed by atoms with van der Waals surface area (Å²) in [5, 5.41) is 3.50. The molecule has 2 fully saturated rings. The predicted octanol–water partition coefficient (Wildman–Crippen LogP) is 0.624. The summed E-state index contributed by atoms with van der Waals surface area (Å²) in [6.07, 6.45) is 1.19. The highest BCUT2D eigenvalue weighted by atomic mass is 16.6. The Hall–Kier alpha value is -1.94. The van der Waals surface area contributed by atoms with Crippen molar-refractivity contribution in [3.8, 4) is 5.88 Å². The van der Waals surface area contributed by atoms with E-state index in [-0.39, 0.29) is 12.6 Å². The first-order valence-corrected chi connectivity index (χ1v) is 10.2. The Morgan fingerprint density at radius 3 is 2.59 bits per heavy atom. The lowest BCUT2D eigenvalue weighted by atomic mass is 10.2. The van der Waals surface area contributed by atoms with E-state index in [0.717, 1.165) is 18.9 Å². The van der Waals surface area contributed by atoms with E-state index >= 15 is 0 Å². The monoisotopic (exact) mass is 409 g/mol. The molecule has 2 atom stereocenters. The zero-order valence-corrected chi connectivity index (χ0v) is 17.0. The first-order chi connectivity index (χ1) is 14.3. The molecule has 0 radical (unpaired) electrons. The molecule has 3 heterocycles. The SMILES string of the molecule is CCOC(=O)COCCOCCOCCOc1cccc(N2C[C@H]3C[C@@H]2CN3)n1. The van der Waals surface area contributed by atoms with Gasteiger partial charge in [0.25, 0.3) is 0 Å². The number of nitrogens with one attached hydrogen (secondary N) is 1. The predicted molar refractivity (Wildman–Crippen MR) is 106 cm³/mol. The van der Waals surface area contributed by atoms with Gasteiger partial charge in [0, 0.05) is 31.2 Å². The highest BCUT2D eigenvalue weighted by Crippen LogP contribution is 2.28. The molecular formula is C20H31N3O6. The van der Waals surface area contributed by atoms with E-state index in [1.165, 1.54) is 6.42 Å². The molecule has 1 N–H and O–H groups in total. The van der Waals surface area contributed by atoms with E-state index < -0.39 is 0 Å². The number of fused-ring (bicyclic) bond motifs is 2. The fourth-order valence-electron chi connectivity index (χ4n) is 3.49. The van der Waals surface area contributed by atoms with Crippen molar-refractivity contribution in [1.29, 1.82) is 0 Å². The number of hydrogen-bond donors (Lipinski definition) is 1. The molecule has 1 aromatic heterocycles. The standard InChI is InChI=1S/C20H31N3O6/c1-2-28-20(24)15-27-9-8-25-6-7-26-10-11-29-19-5-3-4-18(22-19)23-14-16-12-17(23)13-21-16/h3-5,16-17,21H,2,6-15H2,1H3/t16-,17-/m1/s1. The van der Waals surface area contributed by atoms with Gasteiger partial charge in [0.15, 0.2) is 0 Å². The van der Waals surface area contributed by atoms with Crippen LogP contribution in [0.15, 0.2) is 18.2 Å². The summed E-state index contributed by atoms with van der Waals surface area (Å²) in [6, 6.07) is 7.02. The van der Waals surface area contributed by atoms with Crippen LogP contribution in [-0.4, -0.2) is 89.0 Å². The molecule has 2 aliphatic rings. The lowest BCUT2D eigenvalue weighted by molar-refractivity contribution is -0.148. The van der Waals surface area contributed by atoms with Crippen molar-refractivity contribution in [2.24, 2.45) is 0 Å². The third kappa shape index (κ3) is 7.11. The molecular weight excluding hydrogens is 378 g/mol. The summed E-state index contributed by atoms with van der Waals surface area (Å²) < 4.78 is 26.5. The van der Waals surface area contributed by atoms with Crippen molar-refractivity contribution in [1.82, 2.24) is 10.3 Å². The third-order valence-corrected chi connectivity index (χ3v) is 4.81. The van der Waals surface area contributed by atoms with Crippen LogP contribution < -0.4 is 15.0 Å². The average Bonchev–Trinajstić information content (AvgIpc) is 3.36. The van der Waals surface area contributed by atoms with Crippen LogP contribution in [0, 0.1) is 0 Å². The summed E-state index contributed by atoms with van der Waals surface area (Å²) in [5.41, 5.74) is 0. The number of carbonyl (C=O) groups excluding carboxylic acids is 1. The van der Waals surface area contributed by atoms with Crippen LogP contribution in [0.1, 0.15) is 13.3 Å². The van der Waals surface area contributed by atoms with Gasteiger partial charge >= 0.3 is 5.97 Å². The molecule has 0 aliphatic carbocycles. The van der Waals surface area contributed by atoms with Crippen LogP contribution in [0.2, 0.25) is 0 Å². The van der Waals surface area contributed by atoms with Crippen molar-refractivity contribution < 1.29 is 28.5 Å². The second kappa shape index (κ2) is 11.9. The number of ether oxygens (including phenoxy) is 5. The van der Waals surface area contributed by atoms with Gasteiger partial charge in [0.1, 0.15) is 19.0 Å². The highest BCUT2D eigenvalue weighted by Gasteiger charge is 2.38. The molecule has 0 saturated carbocycles. The van der Waals surface area contributed by atoms with Crippen molar-refractivity contribution in [3.05, 3.63) is 18.2 Å². The zero-order valence-electron chi connectivity index (χ0n) is 17.0. The van der Waals surface area contributed by atoms with Gasteiger partial charge in [-0.1, -0.05) is 6.07 Å². The van der Waals surface area contributed by atoms with Gasteiger partial charge < -0.3 is 33.9 Å². The Morgan fingerprint density at radius 2 is 1.90 bits per heavy atom. The second-order valence-corrected chi connectivity index (χ2v) is 6.91. The summed E-state index contributed by atoms with van der Waals surface area (Å²) in [7, 11) is 0. The molecule has 162 valence electrons. The van der Waals surface area contributed by atoms with E-state index in [0.29, 0.717) is 64.2 Å². The number of aromatic nitrogens is 1. The summed E-state index contributed by atoms with van der Waals surface area (Å²) in [4.78, 5) is 18.0. The molecule has 0 unspecified atom stereocenters. The van der Waals surface area contributed by atoms with Crippen LogP contribution in [0.5, 0.6) is 5.88 Å². The summed E-state index contributed by atoms with van der Waals surface area (Å²) in [6.45, 7) is 6.70. The maximum Gasteiger partial charge on any atom is 0.332 e. The molecule has 29 heavy (non-hydrogen) atoms. The quantitative estimate of drug-likeness (QED) is 0.351. The van der Waals surface area contributed by atoms with Gasteiger partial charge in [-0.15, -0.1) is 0 Å². The number of carbonyl (C=O) groups is 1. The van der Waals surface area contributed by atoms with Crippen molar-refractivity contribution in [2.75, 3.05) is 70.8 Å². The molecule has 9 nitrogen and oxygen atoms in total. The van der Waals surface area contributed by atoms with Gasteiger partial charge in [0.2, 0.25) is 5.88 Å². The van der Waals surface area contributed by atoms with Gasteiger partial charge in [-0.05, 0) is 19.4 Å². The number of nitrogens with zero attached hydrogens (tertiary/aromatic N) is 2. The zero-order chi connectivity index (χ0) is 20.3. The average molecular weight is 409 g/mol. The number of esters is 1. The Labute approximate surface area is 171 Å². The Bertz CT molecular complexity index is 632. The number of rotatable bonds is 14. The van der Waals surface area contributed by atoms with Crippen LogP contribution in [0.25, 0.3) is 0 Å². The lowest BCUT2D eigenvalue weighted by Crippen LogP contribution is -2.44. The largest absolute Gasteiger partial charge is 0.475 e. The van der Waals surface area contributed by atoms with Gasteiger partial charge in [-0.25, -0.2) is 4.79 Å². The number of anilines is 1. The van der Waals surface area contributed by atoms with Crippen LogP contribution in [0.3, 0.4) is 0 Å². The van der Waals surface area contributed by atoms with Gasteiger partial charge in [-0.3, -0.25) is 0 Å². The maximum atomic E-state index is 11.1. The summed E-state index contributed by atoms with van der Waals surface area (Å²) >= 11 is 0. The van der Waals surface area contributed by atoms with Crippen molar-refractivity contribution in [2.45, 2.75) is 25.4 Å². The highest BCUT2D eigenvalue weighted by molar-refractivity contribution is 5.70. The number of pyridine rings is 1. The lowest BCUT2D eigenvalue weighted by Gasteiger charge is -2.28. The van der Waals surface area contributed by atoms with E-state index in [9.17, 15) is 4.79 Å². The third-order valence-electron chi connectivity index (χ3n) is 4.81. The second-order valence-electron chi connectivity index (χ2n) is 6.91. The fraction of sp³-hybridized carbons (Fsp3) is 0.700. The smallest absolute Gasteiger partial charge is 0.332 e. The van der Waals surface area contributed by atoms with E-state index in [2.05, 4.69) is 15.2 Å². The molecule has 2 saturated heterocycles. The first-order valence-electron chi connectivity index (χ1n) is 10.2. The normalized spacial score (nSPS) is 20.2. The Balaban J connectivity index is 1.18. The Morgan fingerprint density at radius 1 is 1.14 bits per heavy atom. The van der Waals surface area contributed by atoms with Crippen molar-refractivity contribution >= 4 is 11.8 Å². The van der Waals surface area contributed by atoms with Crippen LogP contribution in [-0.2, 0) is 23.7 Å².